The Bertz CT molecular complexity index is 1330. The lowest BCUT2D eigenvalue weighted by Gasteiger charge is -2.17. The Morgan fingerprint density at radius 2 is 1.53 bits per heavy atom. The van der Waals surface area contributed by atoms with E-state index in [-0.39, 0.29) is 22.9 Å². The molecule has 1 aliphatic rings. The number of nitrogens with one attached hydrogen (secondary N) is 1. The first-order chi connectivity index (χ1) is 15.1. The highest BCUT2D eigenvalue weighted by atomic mass is 19.1. The van der Waals surface area contributed by atoms with Crippen molar-refractivity contribution in [1.29, 1.82) is 0 Å². The van der Waals surface area contributed by atoms with Gasteiger partial charge in [0.2, 0.25) is 0 Å². The molecule has 1 aromatic carbocycles. The number of pyridine rings is 1. The van der Waals surface area contributed by atoms with Gasteiger partial charge < -0.3 is 0 Å². The first-order valence-electron chi connectivity index (χ1n) is 10.3. The van der Waals surface area contributed by atoms with Crippen molar-refractivity contribution in [3.63, 3.8) is 0 Å². The van der Waals surface area contributed by atoms with Crippen LogP contribution in [-0.2, 0) is 9.59 Å². The standard InChI is InChI=1S/C24H23FN4O3/c1-13(2)28-22(30)20(21(24(28)32)27-11-14(3)10-15(4)12-27)19-16(5)26-29(23(19)31)18-8-6-17(25)7-9-18/h6-13H,1-5H3/p+1. The molecule has 2 amide bonds. The molecule has 0 radical (unpaired) electrons. The number of halogens is 1. The minimum absolute atomic E-state index is 0.0540. The molecule has 4 rings (SSSR count). The number of aromatic nitrogens is 3. The van der Waals surface area contributed by atoms with E-state index in [0.717, 1.165) is 11.1 Å². The average molecular weight is 435 g/mol. The van der Waals surface area contributed by atoms with Crippen LogP contribution in [0.15, 0.2) is 47.5 Å². The monoisotopic (exact) mass is 435 g/mol. The van der Waals surface area contributed by atoms with Crippen molar-refractivity contribution in [1.82, 2.24) is 14.7 Å². The van der Waals surface area contributed by atoms with E-state index in [1.807, 2.05) is 19.9 Å². The van der Waals surface area contributed by atoms with Crippen LogP contribution in [0.4, 0.5) is 4.39 Å². The van der Waals surface area contributed by atoms with E-state index in [1.54, 1.807) is 37.7 Å². The number of aryl methyl sites for hydroxylation is 3. The molecule has 2 aromatic heterocycles. The zero-order chi connectivity index (χ0) is 23.3. The molecule has 8 heteroatoms. The van der Waals surface area contributed by atoms with Crippen molar-refractivity contribution in [2.24, 2.45) is 0 Å². The second-order valence-corrected chi connectivity index (χ2v) is 8.32. The van der Waals surface area contributed by atoms with Crippen LogP contribution in [0.25, 0.3) is 17.0 Å². The quantitative estimate of drug-likeness (QED) is 0.506. The maximum atomic E-state index is 13.4. The number of amides is 2. The minimum Gasteiger partial charge on any atom is -0.295 e. The molecule has 0 saturated heterocycles. The molecule has 0 atom stereocenters. The van der Waals surface area contributed by atoms with Gasteiger partial charge in [0, 0.05) is 22.9 Å². The van der Waals surface area contributed by atoms with E-state index in [2.05, 4.69) is 5.10 Å². The summed E-state index contributed by atoms with van der Waals surface area (Å²) in [6.07, 6.45) is 3.52. The van der Waals surface area contributed by atoms with Crippen molar-refractivity contribution in [2.75, 3.05) is 0 Å². The van der Waals surface area contributed by atoms with Crippen molar-refractivity contribution in [2.45, 2.75) is 40.7 Å². The van der Waals surface area contributed by atoms with Gasteiger partial charge in [-0.15, -0.1) is 0 Å². The number of carbonyl (C=O) groups is 2. The van der Waals surface area contributed by atoms with Crippen LogP contribution in [0.2, 0.25) is 0 Å². The van der Waals surface area contributed by atoms with Crippen LogP contribution in [0.3, 0.4) is 0 Å². The molecule has 1 aliphatic heterocycles. The van der Waals surface area contributed by atoms with Gasteiger partial charge in [-0.2, -0.15) is 4.57 Å². The lowest BCUT2D eigenvalue weighted by atomic mass is 10.0. The van der Waals surface area contributed by atoms with E-state index in [1.165, 1.54) is 33.8 Å². The molecule has 0 bridgehead atoms. The predicted octanol–water partition coefficient (Wildman–Crippen LogP) is 2.66. The summed E-state index contributed by atoms with van der Waals surface area (Å²) in [5, 5.41) is 2.96. The second kappa shape index (κ2) is 7.71. The van der Waals surface area contributed by atoms with Crippen LogP contribution in [0.1, 0.15) is 36.2 Å². The molecular formula is C24H24FN4O3+. The van der Waals surface area contributed by atoms with Crippen LogP contribution in [0.5, 0.6) is 0 Å². The summed E-state index contributed by atoms with van der Waals surface area (Å²) in [4.78, 5) is 41.4. The number of rotatable bonds is 4. The molecule has 0 saturated carbocycles. The smallest absolute Gasteiger partial charge is 0.295 e. The molecular weight excluding hydrogens is 411 g/mol. The summed E-state index contributed by atoms with van der Waals surface area (Å²) in [6, 6.07) is 7.00. The normalized spacial score (nSPS) is 14.3. The SMILES string of the molecule is Cc1cc(C)c[n+](C2=C(c3c(C)[nH]n(-c4ccc(F)cc4)c3=O)C(=O)N(C(C)C)C2=O)c1. The van der Waals surface area contributed by atoms with E-state index in [9.17, 15) is 18.8 Å². The Morgan fingerprint density at radius 3 is 2.09 bits per heavy atom. The topological polar surface area (TPSA) is 79.1 Å². The third-order valence-corrected chi connectivity index (χ3v) is 5.41. The molecule has 0 unspecified atom stereocenters. The molecule has 0 aliphatic carbocycles. The molecule has 164 valence electrons. The number of benzene rings is 1. The second-order valence-electron chi connectivity index (χ2n) is 8.32. The zero-order valence-corrected chi connectivity index (χ0v) is 18.6. The molecule has 0 fully saturated rings. The summed E-state index contributed by atoms with van der Waals surface area (Å²) in [5.41, 5.74) is 2.51. The summed E-state index contributed by atoms with van der Waals surface area (Å²) in [6.45, 7) is 8.97. The van der Waals surface area contributed by atoms with Gasteiger partial charge >= 0.3 is 5.91 Å². The minimum atomic E-state index is -0.517. The highest BCUT2D eigenvalue weighted by Crippen LogP contribution is 2.31. The van der Waals surface area contributed by atoms with Crippen LogP contribution in [0, 0.1) is 26.6 Å². The number of nitrogens with zero attached hydrogens (tertiary/aromatic N) is 3. The van der Waals surface area contributed by atoms with Gasteiger partial charge in [-0.25, -0.2) is 9.07 Å². The maximum absolute atomic E-state index is 13.4. The van der Waals surface area contributed by atoms with Gasteiger partial charge in [0.15, 0.2) is 12.4 Å². The summed E-state index contributed by atoms with van der Waals surface area (Å²) in [5.74, 6) is -1.40. The number of imide groups is 1. The molecule has 1 N–H and O–H groups in total. The highest BCUT2D eigenvalue weighted by Gasteiger charge is 2.48. The average Bonchev–Trinajstić information content (AvgIpc) is 3.13. The molecule has 3 heterocycles. The molecule has 32 heavy (non-hydrogen) atoms. The maximum Gasteiger partial charge on any atom is 0.327 e. The van der Waals surface area contributed by atoms with Gasteiger partial charge in [0.25, 0.3) is 17.2 Å². The van der Waals surface area contributed by atoms with Gasteiger partial charge in [-0.05, 0) is 65.0 Å². The number of hydrogen-bond donors (Lipinski definition) is 1. The first kappa shape index (κ1) is 21.4. The predicted molar refractivity (Wildman–Crippen MR) is 117 cm³/mol. The number of aromatic amines is 1. The fourth-order valence-electron chi connectivity index (χ4n) is 4.12. The summed E-state index contributed by atoms with van der Waals surface area (Å²) >= 11 is 0. The Labute approximate surface area is 184 Å². The molecule has 3 aromatic rings. The fraction of sp³-hybridized carbons (Fsp3) is 0.250. The van der Waals surface area contributed by atoms with Crippen molar-refractivity contribution in [3.05, 3.63) is 81.3 Å². The summed E-state index contributed by atoms with van der Waals surface area (Å²) in [7, 11) is 0. The largest absolute Gasteiger partial charge is 0.327 e. The van der Waals surface area contributed by atoms with Crippen LogP contribution < -0.4 is 10.1 Å². The highest BCUT2D eigenvalue weighted by molar-refractivity contribution is 6.44. The van der Waals surface area contributed by atoms with Crippen LogP contribution in [-0.4, -0.2) is 32.5 Å². The number of carbonyl (C=O) groups excluding carboxylic acids is 2. The number of hydrogen-bond acceptors (Lipinski definition) is 3. The Hall–Kier alpha value is -3.81. The third kappa shape index (κ3) is 3.37. The number of H-pyrrole nitrogens is 1. The van der Waals surface area contributed by atoms with Gasteiger partial charge in [-0.3, -0.25) is 24.4 Å². The van der Waals surface area contributed by atoms with Crippen LogP contribution >= 0.6 is 0 Å². The van der Waals surface area contributed by atoms with Gasteiger partial charge in [0.1, 0.15) is 11.4 Å². The lowest BCUT2D eigenvalue weighted by Crippen LogP contribution is -2.42. The molecule has 0 spiro atoms. The van der Waals surface area contributed by atoms with E-state index < -0.39 is 23.2 Å². The van der Waals surface area contributed by atoms with Crippen molar-refractivity contribution in [3.8, 4) is 5.69 Å². The lowest BCUT2D eigenvalue weighted by molar-refractivity contribution is -0.577. The van der Waals surface area contributed by atoms with E-state index in [0.29, 0.717) is 11.4 Å². The van der Waals surface area contributed by atoms with Gasteiger partial charge in [-0.1, -0.05) is 0 Å². The molecule has 7 nitrogen and oxygen atoms in total. The summed E-state index contributed by atoms with van der Waals surface area (Å²) < 4.78 is 16.2. The Morgan fingerprint density at radius 1 is 0.938 bits per heavy atom. The Balaban J connectivity index is 2.01. The van der Waals surface area contributed by atoms with Crippen molar-refractivity contribution < 1.29 is 18.5 Å². The Kier molecular flexibility index (Phi) is 5.16. The van der Waals surface area contributed by atoms with Crippen molar-refractivity contribution >= 4 is 23.1 Å². The zero-order valence-electron chi connectivity index (χ0n) is 18.6. The first-order valence-corrected chi connectivity index (χ1v) is 10.3. The fourth-order valence-corrected chi connectivity index (χ4v) is 4.12. The van der Waals surface area contributed by atoms with Gasteiger partial charge in [0.05, 0.1) is 11.3 Å². The third-order valence-electron chi connectivity index (χ3n) is 5.41. The van der Waals surface area contributed by atoms with E-state index in [4.69, 9.17) is 0 Å². The van der Waals surface area contributed by atoms with E-state index >= 15 is 0 Å².